The van der Waals surface area contributed by atoms with Crippen LogP contribution in [0, 0.1) is 6.92 Å². The van der Waals surface area contributed by atoms with Crippen molar-refractivity contribution >= 4 is 23.1 Å². The van der Waals surface area contributed by atoms with E-state index in [2.05, 4.69) is 69.1 Å². The van der Waals surface area contributed by atoms with Gasteiger partial charge in [0.05, 0.1) is 0 Å². The Hall–Kier alpha value is -1.76. The standard InChI is InChI=1S/C16H19N/c1-5-6-13-14-8-7-12(4)10-16(14)17-15(13)9-11(2)3/h5-10,17H,1-4H3/b6-5-. The SMILES string of the molecule is C/C=C\c1c(C=C(C)C)[nH]c2cc(C)ccc12. The lowest BCUT2D eigenvalue weighted by Crippen LogP contribution is -1.77. The molecule has 17 heavy (non-hydrogen) atoms. The summed E-state index contributed by atoms with van der Waals surface area (Å²) in [4.78, 5) is 3.49. The Balaban J connectivity index is 2.74. The van der Waals surface area contributed by atoms with Gasteiger partial charge in [-0.15, -0.1) is 0 Å². The molecule has 2 aromatic rings. The third-order valence-corrected chi connectivity index (χ3v) is 2.79. The minimum Gasteiger partial charge on any atom is -0.355 e. The molecule has 0 spiro atoms. The highest BCUT2D eigenvalue weighted by molar-refractivity contribution is 5.93. The van der Waals surface area contributed by atoms with Crippen LogP contribution in [0.3, 0.4) is 0 Å². The molecule has 0 saturated heterocycles. The number of aryl methyl sites for hydroxylation is 1. The lowest BCUT2D eigenvalue weighted by molar-refractivity contribution is 1.36. The van der Waals surface area contributed by atoms with Crippen molar-refractivity contribution < 1.29 is 0 Å². The van der Waals surface area contributed by atoms with Crippen LogP contribution in [-0.4, -0.2) is 4.98 Å². The number of hydrogen-bond donors (Lipinski definition) is 1. The van der Waals surface area contributed by atoms with Crippen molar-refractivity contribution in [2.45, 2.75) is 27.7 Å². The van der Waals surface area contributed by atoms with Crippen LogP contribution in [0.1, 0.15) is 37.6 Å². The summed E-state index contributed by atoms with van der Waals surface area (Å²) in [6.07, 6.45) is 6.46. The summed E-state index contributed by atoms with van der Waals surface area (Å²) in [7, 11) is 0. The second-order valence-corrected chi connectivity index (χ2v) is 4.72. The maximum atomic E-state index is 3.49. The molecule has 0 unspecified atom stereocenters. The number of nitrogens with one attached hydrogen (secondary N) is 1. The minimum atomic E-state index is 1.20. The maximum absolute atomic E-state index is 3.49. The average molecular weight is 225 g/mol. The fourth-order valence-electron chi connectivity index (χ4n) is 2.10. The average Bonchev–Trinajstić information content (AvgIpc) is 2.55. The summed E-state index contributed by atoms with van der Waals surface area (Å²) in [5, 5.41) is 1.29. The summed E-state index contributed by atoms with van der Waals surface area (Å²) in [5.74, 6) is 0. The zero-order valence-corrected chi connectivity index (χ0v) is 11.0. The molecule has 0 bridgehead atoms. The lowest BCUT2D eigenvalue weighted by atomic mass is 10.1. The molecule has 88 valence electrons. The quantitative estimate of drug-likeness (QED) is 0.745. The lowest BCUT2D eigenvalue weighted by Gasteiger charge is -1.95. The molecule has 2 rings (SSSR count). The smallest absolute Gasteiger partial charge is 0.0467 e. The molecule has 1 nitrogen and oxygen atoms in total. The monoisotopic (exact) mass is 225 g/mol. The van der Waals surface area contributed by atoms with E-state index in [9.17, 15) is 0 Å². The highest BCUT2D eigenvalue weighted by Crippen LogP contribution is 2.26. The first kappa shape index (κ1) is 11.7. The number of allylic oxidation sites excluding steroid dienone is 2. The molecule has 0 atom stereocenters. The van der Waals surface area contributed by atoms with Gasteiger partial charge in [-0.3, -0.25) is 0 Å². The van der Waals surface area contributed by atoms with E-state index in [0.29, 0.717) is 0 Å². The molecule has 0 aliphatic heterocycles. The van der Waals surface area contributed by atoms with E-state index >= 15 is 0 Å². The number of fused-ring (bicyclic) bond motifs is 1. The molecule has 1 heterocycles. The normalized spacial score (nSPS) is 11.3. The number of aromatic nitrogens is 1. The van der Waals surface area contributed by atoms with E-state index in [0.717, 1.165) is 0 Å². The van der Waals surface area contributed by atoms with Crippen molar-refractivity contribution in [3.8, 4) is 0 Å². The van der Waals surface area contributed by atoms with Gasteiger partial charge in [0.1, 0.15) is 0 Å². The van der Waals surface area contributed by atoms with Gasteiger partial charge in [0.25, 0.3) is 0 Å². The summed E-state index contributed by atoms with van der Waals surface area (Å²) in [6, 6.07) is 6.55. The van der Waals surface area contributed by atoms with Gasteiger partial charge in [0, 0.05) is 22.2 Å². The van der Waals surface area contributed by atoms with Crippen LogP contribution in [0.2, 0.25) is 0 Å². The fourth-order valence-corrected chi connectivity index (χ4v) is 2.10. The van der Waals surface area contributed by atoms with E-state index < -0.39 is 0 Å². The second-order valence-electron chi connectivity index (χ2n) is 4.72. The predicted molar refractivity (Wildman–Crippen MR) is 77.1 cm³/mol. The first-order chi connectivity index (χ1) is 8.11. The molecule has 1 aromatic heterocycles. The van der Waals surface area contributed by atoms with Gasteiger partial charge in [-0.2, -0.15) is 0 Å². The number of H-pyrrole nitrogens is 1. The Kier molecular flexibility index (Phi) is 3.19. The van der Waals surface area contributed by atoms with E-state index in [1.54, 1.807) is 0 Å². The summed E-state index contributed by atoms with van der Waals surface area (Å²) in [6.45, 7) is 8.42. The van der Waals surface area contributed by atoms with Gasteiger partial charge in [-0.05, 0) is 45.4 Å². The van der Waals surface area contributed by atoms with Crippen molar-refractivity contribution in [1.82, 2.24) is 4.98 Å². The molecule has 0 fully saturated rings. The predicted octanol–water partition coefficient (Wildman–Crippen LogP) is 4.93. The second kappa shape index (κ2) is 4.62. The number of rotatable bonds is 2. The summed E-state index contributed by atoms with van der Waals surface area (Å²) < 4.78 is 0. The van der Waals surface area contributed by atoms with Gasteiger partial charge in [-0.1, -0.05) is 29.9 Å². The fraction of sp³-hybridized carbons (Fsp3) is 0.250. The van der Waals surface area contributed by atoms with E-state index in [1.165, 1.54) is 33.3 Å². The van der Waals surface area contributed by atoms with Crippen LogP contribution in [-0.2, 0) is 0 Å². The summed E-state index contributed by atoms with van der Waals surface area (Å²) in [5.41, 5.74) is 6.28. The van der Waals surface area contributed by atoms with E-state index in [-0.39, 0.29) is 0 Å². The first-order valence-electron chi connectivity index (χ1n) is 6.01. The van der Waals surface area contributed by atoms with Crippen molar-refractivity contribution in [1.29, 1.82) is 0 Å². The van der Waals surface area contributed by atoms with Crippen molar-refractivity contribution in [2.75, 3.05) is 0 Å². The van der Waals surface area contributed by atoms with E-state index in [1.807, 2.05) is 0 Å². The van der Waals surface area contributed by atoms with E-state index in [4.69, 9.17) is 0 Å². The molecular weight excluding hydrogens is 206 g/mol. The Morgan fingerprint density at radius 3 is 2.65 bits per heavy atom. The van der Waals surface area contributed by atoms with Crippen molar-refractivity contribution in [2.24, 2.45) is 0 Å². The molecule has 0 radical (unpaired) electrons. The Morgan fingerprint density at radius 2 is 2.00 bits per heavy atom. The Bertz CT molecular complexity index is 593. The van der Waals surface area contributed by atoms with Crippen LogP contribution in [0.25, 0.3) is 23.1 Å². The first-order valence-corrected chi connectivity index (χ1v) is 6.01. The van der Waals surface area contributed by atoms with Crippen LogP contribution in [0.15, 0.2) is 29.8 Å². The van der Waals surface area contributed by atoms with Crippen LogP contribution >= 0.6 is 0 Å². The third kappa shape index (κ3) is 2.33. The highest BCUT2D eigenvalue weighted by atomic mass is 14.7. The minimum absolute atomic E-state index is 1.20. The molecule has 0 aliphatic rings. The molecular formula is C16H19N. The van der Waals surface area contributed by atoms with Crippen LogP contribution < -0.4 is 0 Å². The van der Waals surface area contributed by atoms with Gasteiger partial charge < -0.3 is 4.98 Å². The number of hydrogen-bond acceptors (Lipinski definition) is 0. The molecule has 1 aromatic carbocycles. The van der Waals surface area contributed by atoms with Gasteiger partial charge in [-0.25, -0.2) is 0 Å². The Labute approximate surface area is 103 Å². The Morgan fingerprint density at radius 1 is 1.24 bits per heavy atom. The maximum Gasteiger partial charge on any atom is 0.0467 e. The van der Waals surface area contributed by atoms with Gasteiger partial charge in [0.15, 0.2) is 0 Å². The van der Waals surface area contributed by atoms with Crippen molar-refractivity contribution in [3.05, 3.63) is 46.7 Å². The third-order valence-electron chi connectivity index (χ3n) is 2.79. The zero-order chi connectivity index (χ0) is 12.4. The largest absolute Gasteiger partial charge is 0.355 e. The van der Waals surface area contributed by atoms with Crippen LogP contribution in [0.5, 0.6) is 0 Å². The number of benzene rings is 1. The van der Waals surface area contributed by atoms with Crippen molar-refractivity contribution in [3.63, 3.8) is 0 Å². The topological polar surface area (TPSA) is 15.8 Å². The highest BCUT2D eigenvalue weighted by Gasteiger charge is 2.06. The molecule has 0 aliphatic carbocycles. The molecule has 1 heteroatoms. The van der Waals surface area contributed by atoms with Gasteiger partial charge >= 0.3 is 0 Å². The zero-order valence-electron chi connectivity index (χ0n) is 11.0. The molecule has 1 N–H and O–H groups in total. The molecule has 0 amide bonds. The van der Waals surface area contributed by atoms with Crippen LogP contribution in [0.4, 0.5) is 0 Å². The number of aromatic amines is 1. The molecule has 0 saturated carbocycles. The summed E-state index contributed by atoms with van der Waals surface area (Å²) >= 11 is 0. The van der Waals surface area contributed by atoms with Gasteiger partial charge in [0.2, 0.25) is 0 Å².